The number of imidazole rings is 1. The predicted octanol–water partition coefficient (Wildman–Crippen LogP) is 5.75. The number of aromatic nitrogens is 2. The fraction of sp³-hybridized carbons (Fsp3) is 0.0769. The second-order valence-electron chi connectivity index (χ2n) is 7.32. The number of hydrogen-bond donors (Lipinski definition) is 1. The molecule has 0 unspecified atom stereocenters. The van der Waals surface area contributed by atoms with Crippen LogP contribution in [-0.2, 0) is 13.7 Å². The molecule has 1 heterocycles. The summed E-state index contributed by atoms with van der Waals surface area (Å²) in [6.07, 6.45) is 1.76. The van der Waals surface area contributed by atoms with Crippen LogP contribution in [0.25, 0.3) is 21.8 Å². The third-order valence-electron chi connectivity index (χ3n) is 5.34. The number of ether oxygens (including phenoxy) is 1. The van der Waals surface area contributed by atoms with Gasteiger partial charge in [-0.3, -0.25) is 0 Å². The van der Waals surface area contributed by atoms with Crippen LogP contribution < -0.4 is 10.2 Å². The molecular weight excluding hydrogens is 384 g/mol. The van der Waals surface area contributed by atoms with Gasteiger partial charge in [-0.25, -0.2) is 10.4 Å². The van der Waals surface area contributed by atoms with E-state index in [1.54, 1.807) is 6.21 Å². The molecule has 31 heavy (non-hydrogen) atoms. The normalized spacial score (nSPS) is 11.4. The van der Waals surface area contributed by atoms with Crippen molar-refractivity contribution in [2.24, 2.45) is 12.1 Å². The van der Waals surface area contributed by atoms with Crippen LogP contribution in [0.2, 0.25) is 0 Å². The van der Waals surface area contributed by atoms with Crippen molar-refractivity contribution in [2.75, 3.05) is 5.43 Å². The number of nitrogens with zero attached hydrogens (tertiary/aromatic N) is 3. The molecule has 1 N–H and O–H groups in total. The van der Waals surface area contributed by atoms with E-state index in [1.807, 2.05) is 60.1 Å². The van der Waals surface area contributed by atoms with E-state index in [0.717, 1.165) is 27.9 Å². The van der Waals surface area contributed by atoms with E-state index in [0.29, 0.717) is 12.6 Å². The molecule has 5 nitrogen and oxygen atoms in total. The highest BCUT2D eigenvalue weighted by Gasteiger charge is 2.07. The summed E-state index contributed by atoms with van der Waals surface area (Å²) >= 11 is 0. The van der Waals surface area contributed by atoms with E-state index in [2.05, 4.69) is 58.0 Å². The van der Waals surface area contributed by atoms with Gasteiger partial charge in [0.15, 0.2) is 0 Å². The monoisotopic (exact) mass is 406 g/mol. The summed E-state index contributed by atoms with van der Waals surface area (Å²) in [4.78, 5) is 4.58. The SMILES string of the molecule is Cn1c(N/N=C\c2ccccc2OCc2cccc3ccccc23)nc2ccccc21. The van der Waals surface area contributed by atoms with Gasteiger partial charge in [-0.1, -0.05) is 66.7 Å². The largest absolute Gasteiger partial charge is 0.488 e. The first-order chi connectivity index (χ1) is 15.3. The number of rotatable bonds is 6. The first-order valence-electron chi connectivity index (χ1n) is 10.2. The number of hydrogen-bond acceptors (Lipinski definition) is 4. The number of fused-ring (bicyclic) bond motifs is 2. The molecule has 0 radical (unpaired) electrons. The maximum absolute atomic E-state index is 6.17. The summed E-state index contributed by atoms with van der Waals surface area (Å²) in [5.41, 5.74) is 7.08. The molecule has 5 rings (SSSR count). The molecule has 0 fully saturated rings. The molecule has 5 heteroatoms. The van der Waals surface area contributed by atoms with Crippen molar-refractivity contribution in [1.82, 2.24) is 9.55 Å². The summed E-state index contributed by atoms with van der Waals surface area (Å²) in [5.74, 6) is 1.47. The molecule has 0 atom stereocenters. The van der Waals surface area contributed by atoms with Crippen LogP contribution in [0.5, 0.6) is 5.75 Å². The van der Waals surface area contributed by atoms with Gasteiger partial charge in [-0.15, -0.1) is 0 Å². The third-order valence-corrected chi connectivity index (χ3v) is 5.34. The lowest BCUT2D eigenvalue weighted by Gasteiger charge is -2.11. The summed E-state index contributed by atoms with van der Waals surface area (Å²) < 4.78 is 8.15. The molecule has 0 amide bonds. The van der Waals surface area contributed by atoms with Gasteiger partial charge in [-0.2, -0.15) is 5.10 Å². The second kappa shape index (κ2) is 8.32. The van der Waals surface area contributed by atoms with Gasteiger partial charge in [0.25, 0.3) is 0 Å². The smallest absolute Gasteiger partial charge is 0.224 e. The minimum Gasteiger partial charge on any atom is -0.488 e. The first kappa shape index (κ1) is 18.9. The van der Waals surface area contributed by atoms with Crippen molar-refractivity contribution in [3.8, 4) is 5.75 Å². The van der Waals surface area contributed by atoms with Crippen molar-refractivity contribution in [1.29, 1.82) is 0 Å². The second-order valence-corrected chi connectivity index (χ2v) is 7.32. The molecule has 152 valence electrons. The van der Waals surface area contributed by atoms with Crippen molar-refractivity contribution in [3.05, 3.63) is 102 Å². The van der Waals surface area contributed by atoms with E-state index in [-0.39, 0.29) is 0 Å². The van der Waals surface area contributed by atoms with E-state index in [4.69, 9.17) is 4.74 Å². The fourth-order valence-electron chi connectivity index (χ4n) is 3.70. The average Bonchev–Trinajstić information content (AvgIpc) is 3.14. The highest BCUT2D eigenvalue weighted by Crippen LogP contribution is 2.23. The van der Waals surface area contributed by atoms with Crippen LogP contribution in [0.15, 0.2) is 96.1 Å². The van der Waals surface area contributed by atoms with Gasteiger partial charge in [0.2, 0.25) is 5.95 Å². The van der Waals surface area contributed by atoms with Crippen molar-refractivity contribution < 1.29 is 4.74 Å². The van der Waals surface area contributed by atoms with Gasteiger partial charge < -0.3 is 9.30 Å². The zero-order chi connectivity index (χ0) is 21.0. The Kier molecular flexibility index (Phi) is 5.07. The zero-order valence-corrected chi connectivity index (χ0v) is 17.2. The molecule has 0 spiro atoms. The Balaban J connectivity index is 1.33. The lowest BCUT2D eigenvalue weighted by atomic mass is 10.1. The molecule has 4 aromatic carbocycles. The zero-order valence-electron chi connectivity index (χ0n) is 17.2. The predicted molar refractivity (Wildman–Crippen MR) is 127 cm³/mol. The molecule has 0 saturated heterocycles. The molecule has 0 saturated carbocycles. The molecular formula is C26H22N4O. The molecule has 0 aliphatic heterocycles. The minimum atomic E-state index is 0.490. The summed E-state index contributed by atoms with van der Waals surface area (Å²) in [6, 6.07) is 30.5. The Morgan fingerprint density at radius 1 is 0.903 bits per heavy atom. The third kappa shape index (κ3) is 3.85. The van der Waals surface area contributed by atoms with Crippen molar-refractivity contribution >= 4 is 34.0 Å². The number of aryl methyl sites for hydroxylation is 1. The Labute approximate surface area is 180 Å². The Morgan fingerprint density at radius 3 is 2.61 bits per heavy atom. The number of para-hydroxylation sites is 3. The van der Waals surface area contributed by atoms with Crippen molar-refractivity contribution in [3.63, 3.8) is 0 Å². The van der Waals surface area contributed by atoms with E-state index in [1.165, 1.54) is 10.8 Å². The first-order valence-corrected chi connectivity index (χ1v) is 10.2. The molecule has 0 aliphatic carbocycles. The van der Waals surface area contributed by atoms with E-state index in [9.17, 15) is 0 Å². The summed E-state index contributed by atoms with van der Waals surface area (Å²) in [7, 11) is 1.97. The molecule has 5 aromatic rings. The van der Waals surface area contributed by atoms with Crippen LogP contribution in [-0.4, -0.2) is 15.8 Å². The lowest BCUT2D eigenvalue weighted by Crippen LogP contribution is -2.01. The number of benzene rings is 4. The topological polar surface area (TPSA) is 51.4 Å². The maximum atomic E-state index is 6.17. The number of nitrogens with one attached hydrogen (secondary N) is 1. The van der Waals surface area contributed by atoms with Crippen LogP contribution in [0.4, 0.5) is 5.95 Å². The van der Waals surface area contributed by atoms with E-state index >= 15 is 0 Å². The standard InChI is InChI=1S/C26H22N4O/c1-30-24-15-6-5-14-23(24)28-26(30)29-27-17-20-10-3-7-16-25(20)31-18-21-12-8-11-19-9-2-4-13-22(19)21/h2-17H,18H2,1H3,(H,28,29)/b27-17-. The Morgan fingerprint density at radius 2 is 1.68 bits per heavy atom. The average molecular weight is 406 g/mol. The van der Waals surface area contributed by atoms with Crippen LogP contribution >= 0.6 is 0 Å². The minimum absolute atomic E-state index is 0.490. The molecule has 0 aliphatic rings. The Bertz CT molecular complexity index is 1380. The number of anilines is 1. The van der Waals surface area contributed by atoms with Gasteiger partial charge in [0, 0.05) is 12.6 Å². The van der Waals surface area contributed by atoms with E-state index < -0.39 is 0 Å². The Hall–Kier alpha value is -4.12. The van der Waals surface area contributed by atoms with Gasteiger partial charge in [0.05, 0.1) is 17.2 Å². The van der Waals surface area contributed by atoms with Gasteiger partial charge in [0.1, 0.15) is 12.4 Å². The van der Waals surface area contributed by atoms with Crippen LogP contribution in [0, 0.1) is 0 Å². The fourth-order valence-corrected chi connectivity index (χ4v) is 3.70. The molecule has 0 bridgehead atoms. The van der Waals surface area contributed by atoms with Crippen molar-refractivity contribution in [2.45, 2.75) is 6.61 Å². The van der Waals surface area contributed by atoms with Crippen LogP contribution in [0.3, 0.4) is 0 Å². The summed E-state index contributed by atoms with van der Waals surface area (Å²) in [5, 5.41) is 6.82. The van der Waals surface area contributed by atoms with Gasteiger partial charge in [-0.05, 0) is 40.6 Å². The molecule has 1 aromatic heterocycles. The van der Waals surface area contributed by atoms with Crippen LogP contribution in [0.1, 0.15) is 11.1 Å². The highest BCUT2D eigenvalue weighted by atomic mass is 16.5. The quantitative estimate of drug-likeness (QED) is 0.288. The van der Waals surface area contributed by atoms with Gasteiger partial charge >= 0.3 is 0 Å². The summed E-state index contributed by atoms with van der Waals surface area (Å²) in [6.45, 7) is 0.490. The lowest BCUT2D eigenvalue weighted by molar-refractivity contribution is 0.307. The number of hydrazone groups is 1. The highest BCUT2D eigenvalue weighted by molar-refractivity contribution is 5.86. The maximum Gasteiger partial charge on any atom is 0.224 e.